The maximum absolute atomic E-state index is 13.5. The van der Waals surface area contributed by atoms with Gasteiger partial charge in [0.25, 0.3) is 0 Å². The van der Waals surface area contributed by atoms with E-state index in [4.69, 9.17) is 0 Å². The molecule has 0 N–H and O–H groups in total. The molecule has 44 heavy (non-hydrogen) atoms. The Labute approximate surface area is 265 Å². The van der Waals surface area contributed by atoms with Gasteiger partial charge in [-0.1, -0.05) is 104 Å². The molecule has 3 aromatic carbocycles. The smallest absolute Gasteiger partial charge is 0.163 e. The minimum Gasteiger partial charge on any atom is -0.294 e. The summed E-state index contributed by atoms with van der Waals surface area (Å²) in [4.78, 5) is 26.8. The molecule has 0 heterocycles. The minimum absolute atomic E-state index is 0. The summed E-state index contributed by atoms with van der Waals surface area (Å²) in [5, 5.41) is 0. The first-order valence-corrected chi connectivity index (χ1v) is 16.0. The molecule has 0 radical (unpaired) electrons. The van der Waals surface area contributed by atoms with E-state index in [-0.39, 0.29) is 20.4 Å². The molecule has 0 spiro atoms. The van der Waals surface area contributed by atoms with Crippen LogP contribution in [0.3, 0.4) is 0 Å². The monoisotopic (exact) mass is 584 g/mol. The van der Waals surface area contributed by atoms with Gasteiger partial charge < -0.3 is 0 Å². The van der Waals surface area contributed by atoms with Gasteiger partial charge in [0.15, 0.2) is 11.6 Å². The van der Waals surface area contributed by atoms with Gasteiger partial charge in [0.2, 0.25) is 0 Å². The summed E-state index contributed by atoms with van der Waals surface area (Å²) in [5.74, 6) is 1.34. The van der Waals surface area contributed by atoms with Crippen LogP contribution in [0.2, 0.25) is 0 Å². The van der Waals surface area contributed by atoms with Gasteiger partial charge in [-0.3, -0.25) is 9.59 Å². The lowest BCUT2D eigenvalue weighted by molar-refractivity contribution is -0.115. The summed E-state index contributed by atoms with van der Waals surface area (Å²) in [5.41, 5.74) is 11.9. The van der Waals surface area contributed by atoms with Crippen molar-refractivity contribution in [1.82, 2.24) is 0 Å². The highest BCUT2D eigenvalue weighted by atomic mass is 16.1. The van der Waals surface area contributed by atoms with E-state index >= 15 is 0 Å². The van der Waals surface area contributed by atoms with Gasteiger partial charge in [0.05, 0.1) is 0 Å². The Kier molecular flexibility index (Phi) is 10.1. The van der Waals surface area contributed by atoms with Crippen molar-refractivity contribution in [3.63, 3.8) is 0 Å². The number of Topliss-reactive ketones (excluding diaryl/α,β-unsaturated/α-hetero) is 2. The topological polar surface area (TPSA) is 34.1 Å². The number of ketones is 2. The Morgan fingerprint density at radius 1 is 0.818 bits per heavy atom. The highest BCUT2D eigenvalue weighted by Crippen LogP contribution is 2.42. The molecule has 2 nitrogen and oxygen atoms in total. The first-order chi connectivity index (χ1) is 20.9. The summed E-state index contributed by atoms with van der Waals surface area (Å²) in [6.07, 6.45) is 18.2. The second-order valence-corrected chi connectivity index (χ2v) is 12.7. The second-order valence-electron chi connectivity index (χ2n) is 12.7. The Morgan fingerprint density at radius 2 is 1.59 bits per heavy atom. The van der Waals surface area contributed by atoms with E-state index in [1.807, 2.05) is 30.4 Å². The van der Waals surface area contributed by atoms with Gasteiger partial charge in [0, 0.05) is 19.8 Å². The number of carbonyl (C=O) groups is 2. The number of aryl methyl sites for hydroxylation is 2. The molecule has 3 aliphatic carbocycles. The number of benzene rings is 3. The lowest BCUT2D eigenvalue weighted by Crippen LogP contribution is -2.16. The van der Waals surface area contributed by atoms with Gasteiger partial charge in [-0.15, -0.1) is 0 Å². The number of hydrogen-bond donors (Lipinski definition) is 0. The van der Waals surface area contributed by atoms with Gasteiger partial charge in [0.1, 0.15) is 0 Å². The minimum atomic E-state index is 0. The van der Waals surface area contributed by atoms with Gasteiger partial charge >= 0.3 is 0 Å². The van der Waals surface area contributed by atoms with Gasteiger partial charge in [-0.05, 0) is 121 Å². The van der Waals surface area contributed by atoms with Crippen LogP contribution in [0.4, 0.5) is 0 Å². The molecule has 2 heteroatoms. The van der Waals surface area contributed by atoms with Crippen molar-refractivity contribution in [2.45, 2.75) is 90.9 Å². The molecule has 228 valence electrons. The Balaban J connectivity index is 0.00000230. The molecule has 0 unspecified atom stereocenters. The highest BCUT2D eigenvalue weighted by Gasteiger charge is 2.27. The maximum atomic E-state index is 13.5. The standard InChI is InChI=1S/C41H42O2.CH4.H2/c1-28-14-16-35(24-28)34-12-7-9-30(25-34)15-23-40(42)36-21-22-39(37(26-36)27-41(43)33-10-4-5-11-33)32-19-17-31(18-20-32)38-13-6-3-8-29(38)2;;/h3-10,12-14,21-22,24-26,31-32H,11,15-20,23,27H2,1-2H3;1H4;1H. The number of hydrogen-bond acceptors (Lipinski definition) is 2. The maximum Gasteiger partial charge on any atom is 0.163 e. The fourth-order valence-electron chi connectivity index (χ4n) is 7.22. The van der Waals surface area contributed by atoms with Gasteiger partial charge in [-0.2, -0.15) is 0 Å². The van der Waals surface area contributed by atoms with Crippen LogP contribution in [0, 0.1) is 6.92 Å². The van der Waals surface area contributed by atoms with Crippen LogP contribution in [-0.4, -0.2) is 11.6 Å². The molecule has 1 fully saturated rings. The van der Waals surface area contributed by atoms with E-state index < -0.39 is 0 Å². The van der Waals surface area contributed by atoms with Crippen molar-refractivity contribution < 1.29 is 11.0 Å². The summed E-state index contributed by atoms with van der Waals surface area (Å²) >= 11 is 0. The van der Waals surface area contributed by atoms with Crippen molar-refractivity contribution in [3.05, 3.63) is 147 Å². The van der Waals surface area contributed by atoms with Crippen molar-refractivity contribution >= 4 is 17.1 Å². The third-order valence-corrected chi connectivity index (χ3v) is 9.73. The molecular weight excluding hydrogens is 536 g/mol. The molecule has 0 saturated heterocycles. The van der Waals surface area contributed by atoms with Crippen LogP contribution in [0.5, 0.6) is 0 Å². The molecule has 3 aliphatic rings. The van der Waals surface area contributed by atoms with Crippen LogP contribution in [-0.2, 0) is 17.6 Å². The van der Waals surface area contributed by atoms with E-state index in [9.17, 15) is 9.59 Å². The summed E-state index contributed by atoms with van der Waals surface area (Å²) in [7, 11) is 0. The van der Waals surface area contributed by atoms with E-state index in [2.05, 4.69) is 80.6 Å². The largest absolute Gasteiger partial charge is 0.294 e. The van der Waals surface area contributed by atoms with Crippen molar-refractivity contribution in [2.24, 2.45) is 0 Å². The van der Waals surface area contributed by atoms with Crippen LogP contribution >= 0.6 is 0 Å². The molecule has 3 aromatic rings. The predicted molar refractivity (Wildman–Crippen MR) is 186 cm³/mol. The normalized spacial score (nSPS) is 19.2. The zero-order valence-corrected chi connectivity index (χ0v) is 25.6. The molecule has 0 aliphatic heterocycles. The number of allylic oxidation sites excluding steroid dienone is 8. The number of rotatable bonds is 10. The molecule has 0 amide bonds. The van der Waals surface area contributed by atoms with E-state index in [0.717, 1.165) is 48.8 Å². The summed E-state index contributed by atoms with van der Waals surface area (Å²) < 4.78 is 0. The van der Waals surface area contributed by atoms with Crippen molar-refractivity contribution in [1.29, 1.82) is 0 Å². The number of carbonyl (C=O) groups excluding carboxylic acids is 2. The average molecular weight is 585 g/mol. The summed E-state index contributed by atoms with van der Waals surface area (Å²) in [6.45, 7) is 4.36. The van der Waals surface area contributed by atoms with E-state index in [1.54, 1.807) is 0 Å². The zero-order chi connectivity index (χ0) is 29.8. The predicted octanol–water partition coefficient (Wildman–Crippen LogP) is 10.9. The second kappa shape index (κ2) is 14.2. The van der Waals surface area contributed by atoms with E-state index in [1.165, 1.54) is 39.0 Å². The first-order valence-electron chi connectivity index (χ1n) is 16.0. The Hall–Kier alpha value is -4.04. The van der Waals surface area contributed by atoms with Gasteiger partial charge in [-0.25, -0.2) is 0 Å². The fourth-order valence-corrected chi connectivity index (χ4v) is 7.22. The van der Waals surface area contributed by atoms with Crippen LogP contribution in [0.25, 0.3) is 5.57 Å². The average Bonchev–Trinajstić information content (AvgIpc) is 3.73. The molecule has 6 rings (SSSR count). The molecule has 0 atom stereocenters. The van der Waals surface area contributed by atoms with E-state index in [0.29, 0.717) is 37.5 Å². The third kappa shape index (κ3) is 7.18. The van der Waals surface area contributed by atoms with Crippen molar-refractivity contribution in [2.75, 3.05) is 0 Å². The van der Waals surface area contributed by atoms with Crippen LogP contribution in [0.15, 0.2) is 108 Å². The highest BCUT2D eigenvalue weighted by molar-refractivity contribution is 5.99. The Bertz CT molecular complexity index is 1660. The molecule has 0 bridgehead atoms. The lowest BCUT2D eigenvalue weighted by atomic mass is 9.74. The third-order valence-electron chi connectivity index (χ3n) is 9.73. The zero-order valence-electron chi connectivity index (χ0n) is 25.6. The van der Waals surface area contributed by atoms with Crippen LogP contribution in [0.1, 0.15) is 116 Å². The molecular formula is C42H48O2. The fraction of sp³-hybridized carbons (Fsp3) is 0.333. The van der Waals surface area contributed by atoms with Crippen LogP contribution < -0.4 is 0 Å². The van der Waals surface area contributed by atoms with Crippen molar-refractivity contribution in [3.8, 4) is 0 Å². The summed E-state index contributed by atoms with van der Waals surface area (Å²) in [6, 6.07) is 23.6. The molecule has 0 aromatic heterocycles. The Morgan fingerprint density at radius 3 is 2.30 bits per heavy atom. The quantitative estimate of drug-likeness (QED) is 0.222. The lowest BCUT2D eigenvalue weighted by Gasteiger charge is -2.31. The first kappa shape index (κ1) is 31.4. The SMILES string of the molecule is C.CC1=CCC(c2cccc(CCC(=O)c3ccc(C4CCC(c5ccccc5C)CC4)c(CC(=O)C4=CC=CC4)c3)c2)=C1.[HH]. The molecule has 1 saturated carbocycles.